The Bertz CT molecular complexity index is 523. The van der Waals surface area contributed by atoms with Gasteiger partial charge in [0, 0.05) is 12.1 Å². The molecule has 0 spiro atoms. The van der Waals surface area contributed by atoms with Gasteiger partial charge in [-0.2, -0.15) is 0 Å². The van der Waals surface area contributed by atoms with Crippen LogP contribution >= 0.6 is 11.6 Å². The second-order valence-electron chi connectivity index (χ2n) is 6.52. The number of hydrogen-bond acceptors (Lipinski definition) is 1. The number of amides is 1. The van der Waals surface area contributed by atoms with Crippen LogP contribution in [0.2, 0.25) is 0 Å². The Kier molecular flexibility index (Phi) is 3.09. The molecule has 2 nitrogen and oxygen atoms in total. The molecule has 0 radical (unpaired) electrons. The second-order valence-corrected chi connectivity index (χ2v) is 6.99. The van der Waals surface area contributed by atoms with Gasteiger partial charge in [-0.25, -0.2) is 0 Å². The summed E-state index contributed by atoms with van der Waals surface area (Å²) in [6.45, 7) is 4.55. The van der Waals surface area contributed by atoms with E-state index in [1.165, 1.54) is 17.5 Å². The average Bonchev–Trinajstić information content (AvgIpc) is 3.03. The van der Waals surface area contributed by atoms with Crippen molar-refractivity contribution in [3.63, 3.8) is 0 Å². The van der Waals surface area contributed by atoms with Crippen molar-refractivity contribution < 1.29 is 4.79 Å². The van der Waals surface area contributed by atoms with Crippen molar-refractivity contribution in [2.24, 2.45) is 11.3 Å². The maximum absolute atomic E-state index is 11.5. The Morgan fingerprint density at radius 1 is 1.37 bits per heavy atom. The van der Waals surface area contributed by atoms with Gasteiger partial charge in [0.1, 0.15) is 0 Å². The third-order valence-corrected chi connectivity index (χ3v) is 5.07. The molecule has 1 aliphatic heterocycles. The highest BCUT2D eigenvalue weighted by Gasteiger charge is 2.49. The molecule has 1 N–H and O–H groups in total. The molecule has 3 rings (SSSR count). The van der Waals surface area contributed by atoms with Crippen molar-refractivity contribution in [2.75, 3.05) is 5.32 Å². The molecule has 1 saturated carbocycles. The van der Waals surface area contributed by atoms with Crippen LogP contribution in [0.3, 0.4) is 0 Å². The van der Waals surface area contributed by atoms with Crippen molar-refractivity contribution in [3.05, 3.63) is 29.3 Å². The van der Waals surface area contributed by atoms with E-state index in [-0.39, 0.29) is 11.3 Å². The molecule has 1 aromatic rings. The van der Waals surface area contributed by atoms with Crippen molar-refractivity contribution >= 4 is 23.2 Å². The van der Waals surface area contributed by atoms with E-state index in [1.54, 1.807) is 0 Å². The van der Waals surface area contributed by atoms with Crippen molar-refractivity contribution in [3.8, 4) is 0 Å². The van der Waals surface area contributed by atoms with E-state index in [1.807, 2.05) is 6.07 Å². The summed E-state index contributed by atoms with van der Waals surface area (Å²) in [5.41, 5.74) is 3.78. The smallest absolute Gasteiger partial charge is 0.224 e. The largest absolute Gasteiger partial charge is 0.326 e. The first kappa shape index (κ1) is 13.0. The van der Waals surface area contributed by atoms with Crippen LogP contribution in [0.5, 0.6) is 0 Å². The summed E-state index contributed by atoms with van der Waals surface area (Å²) in [4.78, 5) is 11.5. The van der Waals surface area contributed by atoms with E-state index in [0.717, 1.165) is 18.5 Å². The van der Waals surface area contributed by atoms with E-state index in [9.17, 15) is 4.79 Å². The molecule has 1 amide bonds. The predicted octanol–water partition coefficient (Wildman–Crippen LogP) is 4.29. The quantitative estimate of drug-likeness (QED) is 0.803. The number of rotatable bonds is 2. The van der Waals surface area contributed by atoms with Gasteiger partial charge in [0.05, 0.1) is 5.38 Å². The van der Waals surface area contributed by atoms with E-state index < -0.39 is 0 Å². The highest BCUT2D eigenvalue weighted by atomic mass is 35.5. The molecule has 1 aromatic carbocycles. The average molecular weight is 278 g/mol. The SMILES string of the molecule is CC1(C)CC1C(Cl)c1ccc2c(c1)CCCC(=O)N2. The van der Waals surface area contributed by atoms with E-state index >= 15 is 0 Å². The molecular weight excluding hydrogens is 258 g/mol. The molecule has 3 heteroatoms. The fraction of sp³-hybridized carbons (Fsp3) is 0.562. The fourth-order valence-electron chi connectivity index (χ4n) is 3.01. The third-order valence-electron chi connectivity index (χ3n) is 4.51. The molecule has 19 heavy (non-hydrogen) atoms. The van der Waals surface area contributed by atoms with Gasteiger partial charge in [0.2, 0.25) is 5.91 Å². The van der Waals surface area contributed by atoms with Crippen LogP contribution in [-0.2, 0) is 11.2 Å². The number of anilines is 1. The molecule has 1 heterocycles. The van der Waals surface area contributed by atoms with Crippen LogP contribution in [-0.4, -0.2) is 5.91 Å². The molecule has 2 unspecified atom stereocenters. The molecule has 0 bridgehead atoms. The zero-order valence-corrected chi connectivity index (χ0v) is 12.3. The lowest BCUT2D eigenvalue weighted by Crippen LogP contribution is -2.09. The van der Waals surface area contributed by atoms with Gasteiger partial charge in [-0.15, -0.1) is 11.6 Å². The lowest BCUT2D eigenvalue weighted by molar-refractivity contribution is -0.116. The summed E-state index contributed by atoms with van der Waals surface area (Å²) in [5, 5.41) is 3.06. The monoisotopic (exact) mass is 277 g/mol. The fourth-order valence-corrected chi connectivity index (χ4v) is 3.57. The number of benzene rings is 1. The number of alkyl halides is 1. The number of fused-ring (bicyclic) bond motifs is 1. The molecule has 1 fully saturated rings. The Labute approximate surface area is 119 Å². The Morgan fingerprint density at radius 2 is 2.11 bits per heavy atom. The zero-order chi connectivity index (χ0) is 13.6. The van der Waals surface area contributed by atoms with E-state index in [0.29, 0.717) is 17.8 Å². The van der Waals surface area contributed by atoms with E-state index in [4.69, 9.17) is 11.6 Å². The number of halogens is 1. The van der Waals surface area contributed by atoms with Gasteiger partial charge in [-0.05, 0) is 47.8 Å². The Hall–Kier alpha value is -1.02. The summed E-state index contributed by atoms with van der Waals surface area (Å²) in [6.07, 6.45) is 3.70. The highest BCUT2D eigenvalue weighted by Crippen LogP contribution is 2.60. The van der Waals surface area contributed by atoms with Gasteiger partial charge in [-0.1, -0.05) is 26.0 Å². The first-order chi connectivity index (χ1) is 8.97. The number of nitrogens with one attached hydrogen (secondary N) is 1. The van der Waals surface area contributed by atoms with Gasteiger partial charge >= 0.3 is 0 Å². The van der Waals surface area contributed by atoms with Crippen LogP contribution in [0, 0.1) is 11.3 Å². The maximum Gasteiger partial charge on any atom is 0.224 e. The summed E-state index contributed by atoms with van der Waals surface area (Å²) >= 11 is 6.61. The van der Waals surface area contributed by atoms with Crippen molar-refractivity contribution in [2.45, 2.75) is 44.9 Å². The minimum absolute atomic E-state index is 0.0965. The number of hydrogen-bond donors (Lipinski definition) is 1. The van der Waals surface area contributed by atoms with E-state index in [2.05, 4.69) is 31.3 Å². The number of aryl methyl sites for hydroxylation is 1. The van der Waals surface area contributed by atoms with Crippen LogP contribution in [0.1, 0.15) is 49.6 Å². The Morgan fingerprint density at radius 3 is 2.79 bits per heavy atom. The maximum atomic E-state index is 11.5. The van der Waals surface area contributed by atoms with Gasteiger partial charge < -0.3 is 5.32 Å². The zero-order valence-electron chi connectivity index (χ0n) is 11.5. The second kappa shape index (κ2) is 4.52. The lowest BCUT2D eigenvalue weighted by Gasteiger charge is -2.15. The van der Waals surface area contributed by atoms with Gasteiger partial charge in [-0.3, -0.25) is 4.79 Å². The molecule has 0 aromatic heterocycles. The predicted molar refractivity (Wildman–Crippen MR) is 78.5 cm³/mol. The first-order valence-electron chi connectivity index (χ1n) is 7.04. The topological polar surface area (TPSA) is 29.1 Å². The molecule has 2 atom stereocenters. The van der Waals surface area contributed by atoms with Gasteiger partial charge in [0.25, 0.3) is 0 Å². The molecule has 102 valence electrons. The van der Waals surface area contributed by atoms with Crippen LogP contribution in [0.15, 0.2) is 18.2 Å². The van der Waals surface area contributed by atoms with Crippen LogP contribution in [0.25, 0.3) is 0 Å². The molecular formula is C16H20ClNO. The van der Waals surface area contributed by atoms with Gasteiger partial charge in [0.15, 0.2) is 0 Å². The first-order valence-corrected chi connectivity index (χ1v) is 7.48. The minimum atomic E-state index is 0.0965. The van der Waals surface area contributed by atoms with Crippen LogP contribution < -0.4 is 5.32 Å². The summed E-state index contributed by atoms with van der Waals surface area (Å²) < 4.78 is 0. The van der Waals surface area contributed by atoms with Crippen molar-refractivity contribution in [1.82, 2.24) is 0 Å². The number of carbonyl (C=O) groups excluding carboxylic acids is 1. The number of carbonyl (C=O) groups is 1. The summed E-state index contributed by atoms with van der Waals surface area (Å²) in [7, 11) is 0. The normalized spacial score (nSPS) is 26.1. The lowest BCUT2D eigenvalue weighted by atomic mass is 9.98. The minimum Gasteiger partial charge on any atom is -0.326 e. The summed E-state index contributed by atoms with van der Waals surface area (Å²) in [5.74, 6) is 0.699. The highest BCUT2D eigenvalue weighted by molar-refractivity contribution is 6.21. The third kappa shape index (κ3) is 2.51. The molecule has 0 saturated heterocycles. The van der Waals surface area contributed by atoms with Crippen molar-refractivity contribution in [1.29, 1.82) is 0 Å². The Balaban J connectivity index is 1.85. The molecule has 2 aliphatic rings. The van der Waals surface area contributed by atoms with Crippen LogP contribution in [0.4, 0.5) is 5.69 Å². The summed E-state index contributed by atoms with van der Waals surface area (Å²) in [6, 6.07) is 6.27. The standard InChI is InChI=1S/C16H20ClNO/c1-16(2)9-12(16)15(17)11-6-7-13-10(8-11)4-3-5-14(19)18-13/h6-8,12,15H,3-5,9H2,1-2H3,(H,18,19). The molecule has 1 aliphatic carbocycles.